The number of amides is 3. The van der Waals surface area contributed by atoms with Crippen molar-refractivity contribution in [3.63, 3.8) is 0 Å². The van der Waals surface area contributed by atoms with Crippen LogP contribution >= 0.6 is 24.0 Å². The van der Waals surface area contributed by atoms with E-state index >= 15 is 0 Å². The van der Waals surface area contributed by atoms with Crippen molar-refractivity contribution in [3.05, 3.63) is 64.8 Å². The van der Waals surface area contributed by atoms with Gasteiger partial charge in [0.1, 0.15) is 0 Å². The molecule has 1 fully saturated rings. The van der Waals surface area contributed by atoms with Crippen molar-refractivity contribution in [2.45, 2.75) is 6.92 Å². The zero-order valence-corrected chi connectivity index (χ0v) is 16.3. The monoisotopic (exact) mass is 410 g/mol. The number of carbonyl (C=O) groups excluding carboxylic acids is 3. The third-order valence-corrected chi connectivity index (χ3v) is 5.75. The molecule has 0 bridgehead atoms. The van der Waals surface area contributed by atoms with Crippen molar-refractivity contribution >= 4 is 57.3 Å². The van der Waals surface area contributed by atoms with Crippen LogP contribution in [0, 0.1) is 0 Å². The average molecular weight is 410 g/mol. The van der Waals surface area contributed by atoms with Gasteiger partial charge < -0.3 is 4.90 Å². The van der Waals surface area contributed by atoms with Crippen LogP contribution in [0.3, 0.4) is 0 Å². The van der Waals surface area contributed by atoms with Gasteiger partial charge in [-0.2, -0.15) is 5.01 Å². The first-order valence-corrected chi connectivity index (χ1v) is 9.68. The van der Waals surface area contributed by atoms with Gasteiger partial charge in [0.05, 0.1) is 21.7 Å². The highest BCUT2D eigenvalue weighted by molar-refractivity contribution is 8.26. The predicted octanol–water partition coefficient (Wildman–Crippen LogP) is 2.36. The van der Waals surface area contributed by atoms with Gasteiger partial charge in [0.25, 0.3) is 17.7 Å². The topological polar surface area (TPSA) is 82.6 Å². The minimum atomic E-state index is -0.525. The van der Waals surface area contributed by atoms with Gasteiger partial charge in [-0.15, -0.1) is 0 Å². The Hall–Kier alpha value is -3.04. The van der Waals surface area contributed by atoms with Gasteiger partial charge in [-0.3, -0.25) is 24.8 Å². The summed E-state index contributed by atoms with van der Waals surface area (Å²) in [6, 6.07) is 10.5. The van der Waals surface area contributed by atoms with Crippen molar-refractivity contribution in [2.75, 3.05) is 11.4 Å². The van der Waals surface area contributed by atoms with Crippen LogP contribution in [0.25, 0.3) is 5.57 Å². The highest BCUT2D eigenvalue weighted by atomic mass is 32.2. The molecule has 1 aromatic heterocycles. The number of hydrogen-bond acceptors (Lipinski definition) is 6. The number of nitrogens with one attached hydrogen (secondary N) is 1. The van der Waals surface area contributed by atoms with Crippen LogP contribution in [0.15, 0.2) is 53.7 Å². The molecule has 1 N–H and O–H groups in total. The minimum absolute atomic E-state index is 0.157. The Morgan fingerprint density at radius 3 is 2.68 bits per heavy atom. The Morgan fingerprint density at radius 2 is 1.96 bits per heavy atom. The summed E-state index contributed by atoms with van der Waals surface area (Å²) in [5.74, 6) is -1.28. The number of thiocarbonyl (C=S) groups is 1. The van der Waals surface area contributed by atoms with Crippen LogP contribution in [0.1, 0.15) is 22.8 Å². The maximum absolute atomic E-state index is 13.0. The van der Waals surface area contributed by atoms with E-state index in [9.17, 15) is 14.4 Å². The molecule has 7 nitrogen and oxygen atoms in total. The average Bonchev–Trinajstić information content (AvgIpc) is 3.15. The van der Waals surface area contributed by atoms with Gasteiger partial charge in [0.2, 0.25) is 0 Å². The Bertz CT molecular complexity index is 1050. The Kier molecular flexibility index (Phi) is 4.70. The lowest BCUT2D eigenvalue weighted by atomic mass is 10.1. The fraction of sp³-hybridized carbons (Fsp3) is 0.105. The highest BCUT2D eigenvalue weighted by Gasteiger charge is 2.42. The second-order valence-electron chi connectivity index (χ2n) is 5.96. The van der Waals surface area contributed by atoms with Gasteiger partial charge in [-0.25, -0.2) is 0 Å². The van der Waals surface area contributed by atoms with Crippen molar-refractivity contribution < 1.29 is 14.4 Å². The molecule has 3 amide bonds. The number of likely N-dealkylation sites (N-methyl/N-ethyl adjacent to an activating group) is 1. The molecular weight excluding hydrogens is 396 g/mol. The molecule has 4 rings (SSSR count). The molecule has 0 radical (unpaired) electrons. The molecule has 0 atom stereocenters. The van der Waals surface area contributed by atoms with Crippen LogP contribution in [0.4, 0.5) is 5.69 Å². The number of hydrogen-bond donors (Lipinski definition) is 1. The standard InChI is InChI=1S/C19H14N4O3S2/c1-2-22-13-8-4-3-7-12(13)14(17(22)25)15-18(26)23(19(27)28-15)21-16(24)11-6-5-9-20-10-11/h3-10H,2H2,1H3,(H,21,24)/b15-14+. The Labute approximate surface area is 170 Å². The normalized spacial score (nSPS) is 18.7. The second kappa shape index (κ2) is 7.17. The van der Waals surface area contributed by atoms with E-state index in [-0.39, 0.29) is 15.1 Å². The van der Waals surface area contributed by atoms with E-state index in [0.29, 0.717) is 23.2 Å². The third-order valence-electron chi connectivity index (χ3n) is 4.37. The molecule has 28 heavy (non-hydrogen) atoms. The number of benzene rings is 1. The molecule has 9 heteroatoms. The molecule has 140 valence electrons. The fourth-order valence-corrected chi connectivity index (χ4v) is 4.34. The summed E-state index contributed by atoms with van der Waals surface area (Å²) in [7, 11) is 0. The predicted molar refractivity (Wildman–Crippen MR) is 110 cm³/mol. The lowest BCUT2D eigenvalue weighted by Gasteiger charge is -2.15. The summed E-state index contributed by atoms with van der Waals surface area (Å²) in [6.45, 7) is 2.36. The molecule has 1 saturated heterocycles. The molecule has 2 aromatic rings. The zero-order chi connectivity index (χ0) is 19.8. The number of anilines is 1. The lowest BCUT2D eigenvalue weighted by molar-refractivity contribution is -0.124. The first-order valence-electron chi connectivity index (χ1n) is 8.45. The number of thioether (sulfide) groups is 1. The van der Waals surface area contributed by atoms with Gasteiger partial charge in [-0.05, 0) is 37.3 Å². The van der Waals surface area contributed by atoms with E-state index in [0.717, 1.165) is 22.5 Å². The molecule has 2 aliphatic heterocycles. The van der Waals surface area contributed by atoms with Crippen molar-refractivity contribution in [3.8, 4) is 0 Å². The third kappa shape index (κ3) is 2.88. The molecule has 1 aromatic carbocycles. The molecule has 0 aliphatic carbocycles. The summed E-state index contributed by atoms with van der Waals surface area (Å²) >= 11 is 6.28. The Balaban J connectivity index is 1.69. The molecule has 0 spiro atoms. The summed E-state index contributed by atoms with van der Waals surface area (Å²) in [4.78, 5) is 44.0. The molecule has 0 unspecified atom stereocenters. The summed E-state index contributed by atoms with van der Waals surface area (Å²) in [6.07, 6.45) is 2.94. The quantitative estimate of drug-likeness (QED) is 0.618. The number of fused-ring (bicyclic) bond motifs is 1. The van der Waals surface area contributed by atoms with Gasteiger partial charge in [-0.1, -0.05) is 30.0 Å². The summed E-state index contributed by atoms with van der Waals surface area (Å²) in [5, 5.41) is 1.00. The van der Waals surface area contributed by atoms with E-state index in [1.807, 2.05) is 25.1 Å². The highest BCUT2D eigenvalue weighted by Crippen LogP contribution is 2.43. The van der Waals surface area contributed by atoms with Crippen molar-refractivity contribution in [2.24, 2.45) is 0 Å². The zero-order valence-electron chi connectivity index (χ0n) is 14.7. The molecule has 2 aliphatic rings. The molecule has 3 heterocycles. The number of aromatic nitrogens is 1. The van der Waals surface area contributed by atoms with Crippen LogP contribution in [0.5, 0.6) is 0 Å². The van der Waals surface area contributed by atoms with E-state index in [4.69, 9.17) is 12.2 Å². The lowest BCUT2D eigenvalue weighted by Crippen LogP contribution is -2.45. The van der Waals surface area contributed by atoms with E-state index in [1.165, 1.54) is 6.20 Å². The van der Waals surface area contributed by atoms with Crippen molar-refractivity contribution in [1.29, 1.82) is 0 Å². The van der Waals surface area contributed by atoms with Crippen LogP contribution < -0.4 is 10.3 Å². The minimum Gasteiger partial charge on any atom is -0.308 e. The van der Waals surface area contributed by atoms with Gasteiger partial charge in [0, 0.05) is 24.5 Å². The maximum Gasteiger partial charge on any atom is 0.286 e. The SMILES string of the molecule is CCN1C(=O)/C(=C2/SC(=S)N(NC(=O)c3cccnc3)C2=O)c2ccccc21. The van der Waals surface area contributed by atoms with Gasteiger partial charge in [0.15, 0.2) is 4.32 Å². The summed E-state index contributed by atoms with van der Waals surface area (Å²) < 4.78 is 0.157. The first-order chi connectivity index (χ1) is 13.5. The smallest absolute Gasteiger partial charge is 0.286 e. The maximum atomic E-state index is 13.0. The first kappa shape index (κ1) is 18.3. The number of nitrogens with zero attached hydrogens (tertiary/aromatic N) is 3. The molecule has 0 saturated carbocycles. The van der Waals surface area contributed by atoms with E-state index in [2.05, 4.69) is 10.4 Å². The molecular formula is C19H14N4O3S2. The number of hydrazine groups is 1. The summed E-state index contributed by atoms with van der Waals surface area (Å²) in [5.41, 5.74) is 4.55. The van der Waals surface area contributed by atoms with E-state index < -0.39 is 11.8 Å². The van der Waals surface area contributed by atoms with Crippen LogP contribution in [-0.4, -0.2) is 38.6 Å². The Morgan fingerprint density at radius 1 is 1.18 bits per heavy atom. The number of para-hydroxylation sites is 1. The largest absolute Gasteiger partial charge is 0.308 e. The number of rotatable bonds is 3. The van der Waals surface area contributed by atoms with Crippen LogP contribution in [0.2, 0.25) is 0 Å². The van der Waals surface area contributed by atoms with Crippen molar-refractivity contribution in [1.82, 2.24) is 15.4 Å². The van der Waals surface area contributed by atoms with E-state index in [1.54, 1.807) is 29.3 Å². The van der Waals surface area contributed by atoms with Gasteiger partial charge >= 0.3 is 0 Å². The van der Waals surface area contributed by atoms with Crippen LogP contribution in [-0.2, 0) is 9.59 Å². The second-order valence-corrected chi connectivity index (χ2v) is 7.61. The fourth-order valence-electron chi connectivity index (χ4n) is 3.09. The number of carbonyl (C=O) groups is 3. The number of pyridine rings is 1.